The van der Waals surface area contributed by atoms with E-state index in [-0.39, 0.29) is 18.1 Å². The highest BCUT2D eigenvalue weighted by Crippen LogP contribution is 2.38. The van der Waals surface area contributed by atoms with Crippen molar-refractivity contribution in [2.75, 3.05) is 5.75 Å². The Balaban J connectivity index is 1.77. The lowest BCUT2D eigenvalue weighted by atomic mass is 10.1. The number of carbonyl (C=O) groups excluding carboxylic acids is 1. The fourth-order valence-electron chi connectivity index (χ4n) is 3.37. The number of rotatable bonds is 4. The first-order chi connectivity index (χ1) is 9.70. The summed E-state index contributed by atoms with van der Waals surface area (Å²) in [6.07, 6.45) is 3.63. The number of thiophene rings is 1. The van der Waals surface area contributed by atoms with Crippen LogP contribution in [0, 0.1) is 0 Å². The third-order valence-electron chi connectivity index (χ3n) is 4.32. The molecule has 0 aromatic carbocycles. The zero-order valence-corrected chi connectivity index (χ0v) is 13.7. The van der Waals surface area contributed by atoms with Crippen molar-refractivity contribution in [1.82, 2.24) is 10.2 Å². The second kappa shape index (κ2) is 6.08. The van der Waals surface area contributed by atoms with E-state index >= 15 is 0 Å². The first kappa shape index (κ1) is 14.4. The summed E-state index contributed by atoms with van der Waals surface area (Å²) in [4.78, 5) is 14.7. The van der Waals surface area contributed by atoms with Crippen molar-refractivity contribution >= 4 is 29.0 Å². The van der Waals surface area contributed by atoms with Crippen molar-refractivity contribution in [3.63, 3.8) is 0 Å². The molecule has 2 heterocycles. The van der Waals surface area contributed by atoms with E-state index in [4.69, 9.17) is 0 Å². The maximum atomic E-state index is 12.5. The smallest absolute Gasteiger partial charge is 0.241 e. The van der Waals surface area contributed by atoms with E-state index in [0.717, 1.165) is 18.1 Å². The highest BCUT2D eigenvalue weighted by Gasteiger charge is 2.43. The molecule has 3 rings (SSSR count). The van der Waals surface area contributed by atoms with Crippen molar-refractivity contribution in [2.24, 2.45) is 0 Å². The molecule has 0 spiro atoms. The molecule has 110 valence electrons. The lowest BCUT2D eigenvalue weighted by molar-refractivity contribution is -0.132. The van der Waals surface area contributed by atoms with Gasteiger partial charge in [0.05, 0.1) is 6.04 Å². The average molecular weight is 310 g/mol. The molecular formula is C15H22N2OS2. The van der Waals surface area contributed by atoms with Crippen molar-refractivity contribution in [1.29, 1.82) is 0 Å². The van der Waals surface area contributed by atoms with Gasteiger partial charge in [0.25, 0.3) is 0 Å². The number of hydrogen-bond acceptors (Lipinski definition) is 4. The SMILES string of the molecule is CCSC1CCC(N2C(=O)C(C)NC2c2ccsc2)C1. The van der Waals surface area contributed by atoms with Gasteiger partial charge in [0.15, 0.2) is 0 Å². The molecular weight excluding hydrogens is 288 g/mol. The molecule has 1 aliphatic heterocycles. The van der Waals surface area contributed by atoms with Crippen molar-refractivity contribution in [3.05, 3.63) is 22.4 Å². The van der Waals surface area contributed by atoms with Crippen LogP contribution in [-0.2, 0) is 4.79 Å². The van der Waals surface area contributed by atoms with Gasteiger partial charge in [0, 0.05) is 11.3 Å². The highest BCUT2D eigenvalue weighted by atomic mass is 32.2. The summed E-state index contributed by atoms with van der Waals surface area (Å²) in [7, 11) is 0. The van der Waals surface area contributed by atoms with E-state index in [1.807, 2.05) is 18.7 Å². The Labute approximate surface area is 129 Å². The Hall–Kier alpha value is -0.520. The molecule has 3 nitrogen and oxygen atoms in total. The molecule has 1 amide bonds. The van der Waals surface area contributed by atoms with E-state index in [1.54, 1.807) is 11.3 Å². The topological polar surface area (TPSA) is 32.3 Å². The van der Waals surface area contributed by atoms with Gasteiger partial charge in [-0.2, -0.15) is 23.1 Å². The standard InChI is InChI=1S/C15H22N2OS2/c1-3-20-13-5-4-12(8-13)17-14(11-6-7-19-9-11)16-10(2)15(17)18/h6-7,9-10,12-14,16H,3-5,8H2,1-2H3. The summed E-state index contributed by atoms with van der Waals surface area (Å²) < 4.78 is 0. The van der Waals surface area contributed by atoms with E-state index in [2.05, 4.69) is 34.0 Å². The molecule has 4 unspecified atom stereocenters. The first-order valence-electron chi connectivity index (χ1n) is 7.42. The number of hydrogen-bond donors (Lipinski definition) is 1. The van der Waals surface area contributed by atoms with Crippen LogP contribution in [0.2, 0.25) is 0 Å². The van der Waals surface area contributed by atoms with E-state index in [0.29, 0.717) is 6.04 Å². The van der Waals surface area contributed by atoms with Crippen LogP contribution in [0.1, 0.15) is 44.8 Å². The number of amides is 1. The van der Waals surface area contributed by atoms with Gasteiger partial charge in [-0.05, 0) is 54.3 Å². The predicted molar refractivity (Wildman–Crippen MR) is 86.1 cm³/mol. The third-order valence-corrected chi connectivity index (χ3v) is 6.26. The zero-order chi connectivity index (χ0) is 14.1. The van der Waals surface area contributed by atoms with Gasteiger partial charge in [-0.1, -0.05) is 6.92 Å². The van der Waals surface area contributed by atoms with Crippen LogP contribution in [-0.4, -0.2) is 33.9 Å². The van der Waals surface area contributed by atoms with Gasteiger partial charge >= 0.3 is 0 Å². The largest absolute Gasteiger partial charge is 0.319 e. The molecule has 2 fully saturated rings. The van der Waals surface area contributed by atoms with Gasteiger partial charge < -0.3 is 4.90 Å². The van der Waals surface area contributed by atoms with Crippen LogP contribution < -0.4 is 5.32 Å². The minimum Gasteiger partial charge on any atom is -0.319 e. The Kier molecular flexibility index (Phi) is 4.38. The maximum Gasteiger partial charge on any atom is 0.241 e. The molecule has 1 aliphatic carbocycles. The summed E-state index contributed by atoms with van der Waals surface area (Å²) in [5.74, 6) is 1.45. The van der Waals surface area contributed by atoms with Gasteiger partial charge in [0.2, 0.25) is 5.91 Å². The molecule has 1 aromatic rings. The summed E-state index contributed by atoms with van der Waals surface area (Å²) in [5, 5.41) is 8.44. The van der Waals surface area contributed by atoms with Crippen molar-refractivity contribution < 1.29 is 4.79 Å². The summed E-state index contributed by atoms with van der Waals surface area (Å²) in [5.41, 5.74) is 1.24. The predicted octanol–water partition coefficient (Wildman–Crippen LogP) is 3.24. The lowest BCUT2D eigenvalue weighted by Crippen LogP contribution is -2.38. The minimum atomic E-state index is -0.0576. The number of thioether (sulfide) groups is 1. The second-order valence-electron chi connectivity index (χ2n) is 5.64. The first-order valence-corrected chi connectivity index (χ1v) is 9.41. The molecule has 4 atom stereocenters. The van der Waals surface area contributed by atoms with Crippen molar-refractivity contribution in [2.45, 2.75) is 56.6 Å². The van der Waals surface area contributed by atoms with Gasteiger partial charge in [-0.25, -0.2) is 0 Å². The Morgan fingerprint density at radius 1 is 1.50 bits per heavy atom. The number of nitrogens with zero attached hydrogens (tertiary/aromatic N) is 1. The summed E-state index contributed by atoms with van der Waals surface area (Å²) in [6.45, 7) is 4.20. The molecule has 1 saturated carbocycles. The second-order valence-corrected chi connectivity index (χ2v) is 7.99. The fourth-order valence-corrected chi connectivity index (χ4v) is 5.19. The molecule has 1 N–H and O–H groups in total. The quantitative estimate of drug-likeness (QED) is 0.926. The number of carbonyl (C=O) groups is 1. The van der Waals surface area contributed by atoms with E-state index in [9.17, 15) is 4.79 Å². The molecule has 2 aliphatic rings. The number of nitrogens with one attached hydrogen (secondary N) is 1. The molecule has 1 saturated heterocycles. The van der Waals surface area contributed by atoms with Gasteiger partial charge in [-0.15, -0.1) is 0 Å². The third kappa shape index (κ3) is 2.63. The lowest BCUT2D eigenvalue weighted by Gasteiger charge is -2.30. The Morgan fingerprint density at radius 3 is 3.05 bits per heavy atom. The van der Waals surface area contributed by atoms with Gasteiger partial charge in [0.1, 0.15) is 6.17 Å². The summed E-state index contributed by atoms with van der Waals surface area (Å²) in [6, 6.07) is 2.49. The monoisotopic (exact) mass is 310 g/mol. The average Bonchev–Trinajstić information content (AvgIpc) is 3.12. The maximum absolute atomic E-state index is 12.5. The molecule has 20 heavy (non-hydrogen) atoms. The van der Waals surface area contributed by atoms with Crippen LogP contribution in [0.5, 0.6) is 0 Å². The van der Waals surface area contributed by atoms with Crippen LogP contribution in [0.15, 0.2) is 16.8 Å². The van der Waals surface area contributed by atoms with E-state index < -0.39 is 0 Å². The minimum absolute atomic E-state index is 0.0576. The zero-order valence-electron chi connectivity index (χ0n) is 12.0. The van der Waals surface area contributed by atoms with E-state index in [1.165, 1.54) is 17.7 Å². The molecule has 1 aromatic heterocycles. The molecule has 5 heteroatoms. The van der Waals surface area contributed by atoms with Crippen LogP contribution in [0.4, 0.5) is 0 Å². The normalized spacial score (nSPS) is 34.1. The molecule has 0 radical (unpaired) electrons. The Bertz CT molecular complexity index is 462. The fraction of sp³-hybridized carbons (Fsp3) is 0.667. The van der Waals surface area contributed by atoms with Crippen LogP contribution >= 0.6 is 23.1 Å². The van der Waals surface area contributed by atoms with Gasteiger partial charge in [-0.3, -0.25) is 10.1 Å². The molecule has 0 bridgehead atoms. The highest BCUT2D eigenvalue weighted by molar-refractivity contribution is 7.99. The Morgan fingerprint density at radius 2 is 2.35 bits per heavy atom. The van der Waals surface area contributed by atoms with Crippen LogP contribution in [0.25, 0.3) is 0 Å². The van der Waals surface area contributed by atoms with Crippen molar-refractivity contribution in [3.8, 4) is 0 Å². The van der Waals surface area contributed by atoms with Crippen LogP contribution in [0.3, 0.4) is 0 Å². The summed E-state index contributed by atoms with van der Waals surface area (Å²) >= 11 is 3.75.